The van der Waals surface area contributed by atoms with Crippen molar-refractivity contribution in [3.8, 4) is 22.9 Å². The topological polar surface area (TPSA) is 112 Å². The number of benzene rings is 1. The number of aromatic nitrogens is 3. The number of nitrogens with zero attached hydrogens (tertiary/aromatic N) is 3. The summed E-state index contributed by atoms with van der Waals surface area (Å²) < 4.78 is 11.0. The van der Waals surface area contributed by atoms with Gasteiger partial charge in [-0.1, -0.05) is 12.1 Å². The monoisotopic (exact) mass is 405 g/mol. The first-order chi connectivity index (χ1) is 14.5. The largest absolute Gasteiger partial charge is 0.494 e. The number of anilines is 1. The zero-order valence-corrected chi connectivity index (χ0v) is 17.1. The summed E-state index contributed by atoms with van der Waals surface area (Å²) in [6.07, 6.45) is 0.500. The zero-order chi connectivity index (χ0) is 21.3. The van der Waals surface area contributed by atoms with Crippen LogP contribution in [0.3, 0.4) is 0 Å². The van der Waals surface area contributed by atoms with Gasteiger partial charge in [0.1, 0.15) is 5.75 Å². The van der Waals surface area contributed by atoms with Gasteiger partial charge in [-0.15, -0.1) is 0 Å². The Labute approximate surface area is 174 Å². The molecule has 3 aromatic rings. The van der Waals surface area contributed by atoms with E-state index in [1.54, 1.807) is 20.1 Å². The van der Waals surface area contributed by atoms with Gasteiger partial charge in [0, 0.05) is 18.1 Å². The molecule has 8 nitrogen and oxygen atoms in total. The normalized spacial score (nSPS) is 15.3. The maximum absolute atomic E-state index is 12.8. The fourth-order valence-electron chi connectivity index (χ4n) is 3.76. The van der Waals surface area contributed by atoms with E-state index in [0.717, 1.165) is 22.6 Å². The summed E-state index contributed by atoms with van der Waals surface area (Å²) in [5.41, 5.74) is 10.0. The van der Waals surface area contributed by atoms with Gasteiger partial charge in [-0.3, -0.25) is 4.79 Å². The number of pyridine rings is 1. The fraction of sp³-hybridized carbons (Fsp3) is 0.273. The molecule has 0 saturated heterocycles. The number of carbonyl (C=O) groups is 1. The maximum Gasteiger partial charge on any atom is 0.255 e. The van der Waals surface area contributed by atoms with Gasteiger partial charge in [0.15, 0.2) is 0 Å². The van der Waals surface area contributed by atoms with Crippen LogP contribution in [0.15, 0.2) is 36.4 Å². The van der Waals surface area contributed by atoms with Crippen molar-refractivity contribution in [3.63, 3.8) is 0 Å². The van der Waals surface area contributed by atoms with E-state index < -0.39 is 0 Å². The van der Waals surface area contributed by atoms with Crippen molar-refractivity contribution in [3.05, 3.63) is 58.9 Å². The highest BCUT2D eigenvalue weighted by molar-refractivity contribution is 5.98. The predicted octanol–water partition coefficient (Wildman–Crippen LogP) is 2.86. The minimum absolute atomic E-state index is 0.168. The van der Waals surface area contributed by atoms with Gasteiger partial charge in [0.05, 0.1) is 42.4 Å². The van der Waals surface area contributed by atoms with Crippen molar-refractivity contribution >= 4 is 11.9 Å². The van der Waals surface area contributed by atoms with Crippen molar-refractivity contribution in [2.75, 3.05) is 19.5 Å². The van der Waals surface area contributed by atoms with E-state index in [9.17, 15) is 4.79 Å². The van der Waals surface area contributed by atoms with Gasteiger partial charge in [-0.25, -0.2) is 15.0 Å². The highest BCUT2D eigenvalue weighted by Gasteiger charge is 2.30. The molecule has 1 aromatic carbocycles. The van der Waals surface area contributed by atoms with E-state index in [4.69, 9.17) is 15.2 Å². The summed E-state index contributed by atoms with van der Waals surface area (Å²) in [6.45, 7) is 4.24. The quantitative estimate of drug-likeness (QED) is 0.671. The van der Waals surface area contributed by atoms with Crippen LogP contribution in [0.2, 0.25) is 0 Å². The summed E-state index contributed by atoms with van der Waals surface area (Å²) >= 11 is 0. The summed E-state index contributed by atoms with van der Waals surface area (Å²) in [5, 5.41) is 3.08. The second-order valence-electron chi connectivity index (χ2n) is 6.97. The number of carbonyl (C=O) groups excluding carboxylic acids is 1. The van der Waals surface area contributed by atoms with Crippen molar-refractivity contribution in [2.24, 2.45) is 0 Å². The number of fused-ring (bicyclic) bond motifs is 1. The summed E-state index contributed by atoms with van der Waals surface area (Å²) in [4.78, 5) is 25.8. The Morgan fingerprint density at radius 2 is 2.03 bits per heavy atom. The first-order valence-electron chi connectivity index (χ1n) is 9.72. The fourth-order valence-corrected chi connectivity index (χ4v) is 3.76. The smallest absolute Gasteiger partial charge is 0.255 e. The molecule has 1 aliphatic rings. The van der Waals surface area contributed by atoms with Crippen molar-refractivity contribution < 1.29 is 14.3 Å². The average molecular weight is 405 g/mol. The number of amides is 1. The van der Waals surface area contributed by atoms with E-state index in [1.165, 1.54) is 0 Å². The van der Waals surface area contributed by atoms with Crippen LogP contribution in [0.25, 0.3) is 11.3 Å². The molecule has 0 fully saturated rings. The minimum atomic E-state index is -0.294. The lowest BCUT2D eigenvalue weighted by atomic mass is 9.90. The third kappa shape index (κ3) is 3.63. The Bertz CT molecular complexity index is 1120. The number of nitrogens with one attached hydrogen (secondary N) is 1. The molecule has 0 unspecified atom stereocenters. The lowest BCUT2D eigenvalue weighted by Crippen LogP contribution is -2.37. The summed E-state index contributed by atoms with van der Waals surface area (Å²) in [7, 11) is 1.58. The van der Waals surface area contributed by atoms with Gasteiger partial charge in [0.25, 0.3) is 5.91 Å². The number of aryl methyl sites for hydroxylation is 1. The SMILES string of the molecule is CCOc1ccc([C@H]2Cc3nc(N)nc(C)c3C(=O)N2)c(-c2cccc(OC)n2)c1. The second-order valence-corrected chi connectivity index (χ2v) is 6.97. The Morgan fingerprint density at radius 1 is 1.20 bits per heavy atom. The van der Waals surface area contributed by atoms with Crippen LogP contribution in [0.4, 0.5) is 5.95 Å². The van der Waals surface area contributed by atoms with Crippen LogP contribution in [0, 0.1) is 6.92 Å². The molecule has 1 amide bonds. The summed E-state index contributed by atoms with van der Waals surface area (Å²) in [6, 6.07) is 11.1. The van der Waals surface area contributed by atoms with Crippen molar-refractivity contribution in [2.45, 2.75) is 26.3 Å². The van der Waals surface area contributed by atoms with Crippen molar-refractivity contribution in [1.82, 2.24) is 20.3 Å². The molecule has 3 heterocycles. The second kappa shape index (κ2) is 7.98. The molecular weight excluding hydrogens is 382 g/mol. The van der Waals surface area contributed by atoms with Gasteiger partial charge in [-0.2, -0.15) is 0 Å². The molecule has 1 atom stereocenters. The molecule has 0 saturated carbocycles. The number of rotatable bonds is 5. The molecule has 3 N–H and O–H groups in total. The molecule has 30 heavy (non-hydrogen) atoms. The van der Waals surface area contributed by atoms with Crippen LogP contribution in [0.5, 0.6) is 11.6 Å². The summed E-state index contributed by atoms with van der Waals surface area (Å²) in [5.74, 6) is 1.19. The maximum atomic E-state index is 12.8. The van der Waals surface area contributed by atoms with E-state index in [2.05, 4.69) is 20.3 Å². The highest BCUT2D eigenvalue weighted by Crippen LogP contribution is 2.35. The van der Waals surface area contributed by atoms with Gasteiger partial charge in [-0.05, 0) is 37.6 Å². The predicted molar refractivity (Wildman–Crippen MR) is 112 cm³/mol. The number of nitrogen functional groups attached to an aromatic ring is 1. The minimum Gasteiger partial charge on any atom is -0.494 e. The Kier molecular flexibility index (Phi) is 5.22. The molecule has 0 aliphatic carbocycles. The molecule has 0 radical (unpaired) electrons. The lowest BCUT2D eigenvalue weighted by Gasteiger charge is -2.28. The van der Waals surface area contributed by atoms with Gasteiger partial charge in [0.2, 0.25) is 11.8 Å². The van der Waals surface area contributed by atoms with Crippen LogP contribution >= 0.6 is 0 Å². The molecule has 1 aliphatic heterocycles. The molecule has 0 bridgehead atoms. The molecule has 0 spiro atoms. The Hall–Kier alpha value is -3.68. The number of hydrogen-bond acceptors (Lipinski definition) is 7. The van der Waals surface area contributed by atoms with E-state index >= 15 is 0 Å². The molecule has 2 aromatic heterocycles. The number of nitrogens with two attached hydrogens (primary N) is 1. The first-order valence-corrected chi connectivity index (χ1v) is 9.72. The number of hydrogen-bond donors (Lipinski definition) is 2. The molecule has 154 valence electrons. The average Bonchev–Trinajstić information content (AvgIpc) is 2.73. The van der Waals surface area contributed by atoms with Gasteiger partial charge >= 0.3 is 0 Å². The third-order valence-corrected chi connectivity index (χ3v) is 5.03. The van der Waals surface area contributed by atoms with E-state index in [1.807, 2.05) is 37.3 Å². The van der Waals surface area contributed by atoms with Crippen LogP contribution in [0.1, 0.15) is 40.3 Å². The number of methoxy groups -OCH3 is 1. The van der Waals surface area contributed by atoms with E-state index in [-0.39, 0.29) is 17.9 Å². The van der Waals surface area contributed by atoms with Crippen LogP contribution in [-0.2, 0) is 6.42 Å². The lowest BCUT2D eigenvalue weighted by molar-refractivity contribution is 0.0922. The van der Waals surface area contributed by atoms with Crippen LogP contribution < -0.4 is 20.5 Å². The van der Waals surface area contributed by atoms with Crippen molar-refractivity contribution in [1.29, 1.82) is 0 Å². The number of ether oxygens (including phenoxy) is 2. The Morgan fingerprint density at radius 3 is 2.80 bits per heavy atom. The zero-order valence-electron chi connectivity index (χ0n) is 17.1. The highest BCUT2D eigenvalue weighted by atomic mass is 16.5. The molecule has 8 heteroatoms. The van der Waals surface area contributed by atoms with Gasteiger partial charge < -0.3 is 20.5 Å². The van der Waals surface area contributed by atoms with E-state index in [0.29, 0.717) is 35.9 Å². The first kappa shape index (κ1) is 19.6. The Balaban J connectivity index is 1.81. The molecule has 4 rings (SSSR count). The molecular formula is C22H23N5O3. The standard InChI is InChI=1S/C22H23N5O3/c1-4-30-13-8-9-14(15(10-13)16-6-5-7-19(25-16)29-3)17-11-18-20(21(28)26-17)12(2)24-22(23)27-18/h5-10,17H,4,11H2,1-3H3,(H,26,28)(H2,23,24,27)/t17-/m1/s1. The van der Waals surface area contributed by atoms with Crippen LogP contribution in [-0.4, -0.2) is 34.6 Å². The third-order valence-electron chi connectivity index (χ3n) is 5.03.